The Morgan fingerprint density at radius 2 is 2.17 bits per heavy atom. The van der Waals surface area contributed by atoms with Crippen LogP contribution in [0.5, 0.6) is 0 Å². The number of esters is 1. The first-order valence-electron chi connectivity index (χ1n) is 5.40. The lowest BCUT2D eigenvalue weighted by atomic mass is 10.2. The first-order chi connectivity index (χ1) is 8.58. The largest absolute Gasteiger partial charge is 0.452 e. The number of hydrogen-bond donors (Lipinski definition) is 1. The lowest BCUT2D eigenvalue weighted by Gasteiger charge is -2.08. The van der Waals surface area contributed by atoms with Gasteiger partial charge in [-0.15, -0.1) is 0 Å². The minimum absolute atomic E-state index is 0.0609. The van der Waals surface area contributed by atoms with Crippen LogP contribution in [0.1, 0.15) is 12.6 Å². The molecule has 2 N–H and O–H groups in total. The highest BCUT2D eigenvalue weighted by atomic mass is 16.5. The van der Waals surface area contributed by atoms with Crippen molar-refractivity contribution in [1.82, 2.24) is 5.16 Å². The van der Waals surface area contributed by atoms with Gasteiger partial charge in [-0.3, -0.25) is 9.59 Å². The molecule has 0 saturated carbocycles. The summed E-state index contributed by atoms with van der Waals surface area (Å²) in [6.45, 7) is 1.42. The molecule has 1 heterocycles. The number of carbonyl (C=O) groups excluding carboxylic acids is 2. The molecule has 1 aromatic carbocycles. The van der Waals surface area contributed by atoms with E-state index >= 15 is 0 Å². The highest BCUT2D eigenvalue weighted by Crippen LogP contribution is 2.18. The van der Waals surface area contributed by atoms with Gasteiger partial charge in [0.2, 0.25) is 0 Å². The molecule has 18 heavy (non-hydrogen) atoms. The molecule has 0 spiro atoms. The summed E-state index contributed by atoms with van der Waals surface area (Å²) in [4.78, 5) is 22.3. The minimum Gasteiger partial charge on any atom is -0.452 e. The summed E-state index contributed by atoms with van der Waals surface area (Å²) < 4.78 is 9.89. The maximum absolute atomic E-state index is 11.6. The van der Waals surface area contributed by atoms with Crippen molar-refractivity contribution in [2.24, 2.45) is 5.73 Å². The highest BCUT2D eigenvalue weighted by Gasteiger charge is 2.17. The van der Waals surface area contributed by atoms with E-state index in [4.69, 9.17) is 15.0 Å². The van der Waals surface area contributed by atoms with Crippen LogP contribution < -0.4 is 5.73 Å². The molecule has 94 valence electrons. The molecular formula is C12H12N2O4. The van der Waals surface area contributed by atoms with Crippen molar-refractivity contribution in [2.75, 3.05) is 0 Å². The van der Waals surface area contributed by atoms with Gasteiger partial charge in [-0.1, -0.05) is 17.3 Å². The SMILES string of the molecule is C[C@H](OC(=O)Cc1noc2ccccc12)C(N)=O. The average molecular weight is 248 g/mol. The Bertz CT molecular complexity index is 591. The van der Waals surface area contributed by atoms with Crippen LogP contribution in [0.2, 0.25) is 0 Å². The van der Waals surface area contributed by atoms with Crippen molar-refractivity contribution in [1.29, 1.82) is 0 Å². The fraction of sp³-hybridized carbons (Fsp3) is 0.250. The normalized spacial score (nSPS) is 12.3. The van der Waals surface area contributed by atoms with Crippen molar-refractivity contribution in [2.45, 2.75) is 19.4 Å². The summed E-state index contributed by atoms with van der Waals surface area (Å²) in [6.07, 6.45) is -1.01. The molecule has 0 aliphatic rings. The van der Waals surface area contributed by atoms with E-state index in [0.717, 1.165) is 5.39 Å². The summed E-state index contributed by atoms with van der Waals surface area (Å²) in [6, 6.07) is 7.18. The number of benzene rings is 1. The molecule has 2 aromatic rings. The molecule has 2 rings (SSSR count). The second-order valence-electron chi connectivity index (χ2n) is 3.84. The number of fused-ring (bicyclic) bond motifs is 1. The van der Waals surface area contributed by atoms with Crippen LogP contribution in [0, 0.1) is 0 Å². The van der Waals surface area contributed by atoms with Gasteiger partial charge < -0.3 is 15.0 Å². The zero-order chi connectivity index (χ0) is 13.1. The molecule has 1 aromatic heterocycles. The van der Waals surface area contributed by atoms with Gasteiger partial charge in [0.05, 0.1) is 6.42 Å². The summed E-state index contributed by atoms with van der Waals surface area (Å²) in [5.41, 5.74) is 6.08. The predicted octanol–water partition coefficient (Wildman–Crippen LogP) is 0.787. The summed E-state index contributed by atoms with van der Waals surface area (Å²) in [7, 11) is 0. The summed E-state index contributed by atoms with van der Waals surface area (Å²) in [5.74, 6) is -1.26. The third-order valence-electron chi connectivity index (χ3n) is 2.47. The molecule has 0 radical (unpaired) electrons. The fourth-order valence-electron chi connectivity index (χ4n) is 1.50. The molecule has 0 unspecified atom stereocenters. The van der Waals surface area contributed by atoms with E-state index in [-0.39, 0.29) is 6.42 Å². The smallest absolute Gasteiger partial charge is 0.312 e. The maximum Gasteiger partial charge on any atom is 0.312 e. The molecule has 1 amide bonds. The van der Waals surface area contributed by atoms with Crippen molar-refractivity contribution < 1.29 is 18.8 Å². The number of ether oxygens (including phenoxy) is 1. The van der Waals surface area contributed by atoms with Crippen LogP contribution in [-0.4, -0.2) is 23.1 Å². The van der Waals surface area contributed by atoms with Gasteiger partial charge in [0.15, 0.2) is 11.7 Å². The Kier molecular flexibility index (Phi) is 3.27. The Balaban J connectivity index is 2.10. The number of primary amides is 1. The zero-order valence-corrected chi connectivity index (χ0v) is 9.75. The molecule has 0 fully saturated rings. The summed E-state index contributed by atoms with van der Waals surface area (Å²) in [5, 5.41) is 4.55. The van der Waals surface area contributed by atoms with E-state index in [1.54, 1.807) is 12.1 Å². The number of carbonyl (C=O) groups is 2. The van der Waals surface area contributed by atoms with Crippen LogP contribution in [0.25, 0.3) is 11.0 Å². The van der Waals surface area contributed by atoms with E-state index in [9.17, 15) is 9.59 Å². The second kappa shape index (κ2) is 4.87. The number of hydrogen-bond acceptors (Lipinski definition) is 5. The van der Waals surface area contributed by atoms with Gasteiger partial charge >= 0.3 is 5.97 Å². The predicted molar refractivity (Wildman–Crippen MR) is 62.5 cm³/mol. The quantitative estimate of drug-likeness (QED) is 0.807. The monoisotopic (exact) mass is 248 g/mol. The number of rotatable bonds is 4. The Morgan fingerprint density at radius 3 is 2.89 bits per heavy atom. The third kappa shape index (κ3) is 2.48. The molecule has 1 atom stereocenters. The number of para-hydroxylation sites is 1. The van der Waals surface area contributed by atoms with Crippen LogP contribution in [0.4, 0.5) is 0 Å². The Labute approximate surface area is 103 Å². The van der Waals surface area contributed by atoms with E-state index < -0.39 is 18.0 Å². The van der Waals surface area contributed by atoms with Crippen LogP contribution in [-0.2, 0) is 20.7 Å². The zero-order valence-electron chi connectivity index (χ0n) is 9.75. The Hall–Kier alpha value is -2.37. The number of aromatic nitrogens is 1. The minimum atomic E-state index is -0.948. The summed E-state index contributed by atoms with van der Waals surface area (Å²) >= 11 is 0. The molecular weight excluding hydrogens is 236 g/mol. The van der Waals surface area contributed by atoms with E-state index in [0.29, 0.717) is 11.3 Å². The fourth-order valence-corrected chi connectivity index (χ4v) is 1.50. The van der Waals surface area contributed by atoms with Crippen LogP contribution in [0.15, 0.2) is 28.8 Å². The maximum atomic E-state index is 11.6. The van der Waals surface area contributed by atoms with Crippen LogP contribution in [0.3, 0.4) is 0 Å². The number of nitrogens with two attached hydrogens (primary N) is 1. The molecule has 0 bridgehead atoms. The lowest BCUT2D eigenvalue weighted by molar-refractivity contribution is -0.153. The van der Waals surface area contributed by atoms with Gasteiger partial charge in [0.25, 0.3) is 5.91 Å². The number of nitrogens with zero attached hydrogens (tertiary/aromatic N) is 1. The Morgan fingerprint density at radius 1 is 1.44 bits per heavy atom. The lowest BCUT2D eigenvalue weighted by Crippen LogP contribution is -2.31. The molecule has 0 aliphatic carbocycles. The van der Waals surface area contributed by atoms with Gasteiger partial charge in [-0.25, -0.2) is 0 Å². The van der Waals surface area contributed by atoms with Crippen molar-refractivity contribution in [3.63, 3.8) is 0 Å². The van der Waals surface area contributed by atoms with Crippen molar-refractivity contribution >= 4 is 22.8 Å². The highest BCUT2D eigenvalue weighted by molar-refractivity contribution is 5.86. The van der Waals surface area contributed by atoms with Gasteiger partial charge in [-0.05, 0) is 19.1 Å². The molecule has 0 aliphatic heterocycles. The van der Waals surface area contributed by atoms with Crippen molar-refractivity contribution in [3.8, 4) is 0 Å². The number of amides is 1. The van der Waals surface area contributed by atoms with Gasteiger partial charge in [0.1, 0.15) is 5.69 Å². The topological polar surface area (TPSA) is 95.4 Å². The standard InChI is InChI=1S/C12H12N2O4/c1-7(12(13)16)17-11(15)6-9-8-4-2-3-5-10(8)18-14-9/h2-5,7H,6H2,1H3,(H2,13,16)/t7-/m0/s1. The van der Waals surface area contributed by atoms with E-state index in [1.165, 1.54) is 6.92 Å². The van der Waals surface area contributed by atoms with E-state index in [1.807, 2.05) is 12.1 Å². The first kappa shape index (κ1) is 12.1. The van der Waals surface area contributed by atoms with Gasteiger partial charge in [0, 0.05) is 5.39 Å². The second-order valence-corrected chi connectivity index (χ2v) is 3.84. The van der Waals surface area contributed by atoms with Gasteiger partial charge in [-0.2, -0.15) is 0 Å². The molecule has 6 nitrogen and oxygen atoms in total. The van der Waals surface area contributed by atoms with E-state index in [2.05, 4.69) is 5.16 Å². The van der Waals surface area contributed by atoms with Crippen molar-refractivity contribution in [3.05, 3.63) is 30.0 Å². The third-order valence-corrected chi connectivity index (χ3v) is 2.47. The average Bonchev–Trinajstić information content (AvgIpc) is 2.72. The first-order valence-corrected chi connectivity index (χ1v) is 5.40. The molecule has 6 heteroatoms. The van der Waals surface area contributed by atoms with Crippen LogP contribution >= 0.6 is 0 Å². The molecule has 0 saturated heterocycles.